The molecule has 110 valence electrons. The van der Waals surface area contributed by atoms with Gasteiger partial charge in [0, 0.05) is 18.0 Å². The maximum atomic E-state index is 11.7. The van der Waals surface area contributed by atoms with Gasteiger partial charge >= 0.3 is 0 Å². The van der Waals surface area contributed by atoms with Gasteiger partial charge in [-0.3, -0.25) is 4.79 Å². The first-order valence-corrected chi connectivity index (χ1v) is 6.99. The van der Waals surface area contributed by atoms with Crippen molar-refractivity contribution in [1.29, 1.82) is 0 Å². The van der Waals surface area contributed by atoms with Gasteiger partial charge in [0.05, 0.1) is 0 Å². The molecule has 1 aromatic heterocycles. The molecule has 3 rings (SSSR count). The molecule has 6 nitrogen and oxygen atoms in total. The number of rotatable bonds is 4. The van der Waals surface area contributed by atoms with Gasteiger partial charge in [0.25, 0.3) is 11.8 Å². The van der Waals surface area contributed by atoms with Crippen LogP contribution in [-0.2, 0) is 13.0 Å². The minimum Gasteiger partial charge on any atom is -0.484 e. The number of carbonyl (C=O) groups is 1. The number of amides is 1. The molecule has 2 heterocycles. The monoisotopic (exact) mass is 287 g/mol. The molecule has 0 saturated heterocycles. The molecule has 1 amide bonds. The van der Waals surface area contributed by atoms with Crippen LogP contribution in [0.2, 0.25) is 0 Å². The van der Waals surface area contributed by atoms with E-state index in [9.17, 15) is 4.79 Å². The van der Waals surface area contributed by atoms with Crippen LogP contribution < -0.4 is 10.1 Å². The fraction of sp³-hybridized carbons (Fsp3) is 0.400. The third-order valence-corrected chi connectivity index (χ3v) is 3.34. The van der Waals surface area contributed by atoms with Crippen molar-refractivity contribution in [2.24, 2.45) is 0 Å². The lowest BCUT2D eigenvalue weighted by Gasteiger charge is -2.17. The SMILES string of the molecule is CC(C)c1nnc(COc2ccc3c(c2)CCNC3=O)o1. The molecule has 21 heavy (non-hydrogen) atoms. The quantitative estimate of drug-likeness (QED) is 0.931. The number of hydrogen-bond donors (Lipinski definition) is 1. The molecule has 6 heteroatoms. The Bertz CT molecular complexity index is 664. The van der Waals surface area contributed by atoms with Crippen LogP contribution in [0.5, 0.6) is 5.75 Å². The van der Waals surface area contributed by atoms with Crippen LogP contribution in [-0.4, -0.2) is 22.6 Å². The second-order valence-electron chi connectivity index (χ2n) is 5.30. The number of nitrogens with one attached hydrogen (secondary N) is 1. The lowest BCUT2D eigenvalue weighted by Crippen LogP contribution is -2.31. The number of fused-ring (bicyclic) bond motifs is 1. The van der Waals surface area contributed by atoms with Crippen LogP contribution in [0.15, 0.2) is 22.6 Å². The van der Waals surface area contributed by atoms with Crippen molar-refractivity contribution >= 4 is 5.91 Å². The largest absolute Gasteiger partial charge is 0.484 e. The minimum absolute atomic E-state index is 0.0266. The van der Waals surface area contributed by atoms with E-state index >= 15 is 0 Å². The molecule has 0 unspecified atom stereocenters. The highest BCUT2D eigenvalue weighted by Gasteiger charge is 2.17. The molecule has 1 aliphatic heterocycles. The second-order valence-corrected chi connectivity index (χ2v) is 5.30. The van der Waals surface area contributed by atoms with Crippen molar-refractivity contribution in [2.45, 2.75) is 32.8 Å². The molecular formula is C15H17N3O3. The van der Waals surface area contributed by atoms with Gasteiger partial charge in [-0.1, -0.05) is 13.8 Å². The lowest BCUT2D eigenvalue weighted by molar-refractivity contribution is 0.0946. The van der Waals surface area contributed by atoms with Crippen LogP contribution in [0.3, 0.4) is 0 Å². The van der Waals surface area contributed by atoms with Crippen LogP contribution in [0.1, 0.15) is 47.5 Å². The van der Waals surface area contributed by atoms with E-state index in [1.807, 2.05) is 19.9 Å². The highest BCUT2D eigenvalue weighted by molar-refractivity contribution is 5.96. The van der Waals surface area contributed by atoms with Crippen molar-refractivity contribution in [3.63, 3.8) is 0 Å². The molecule has 0 atom stereocenters. The first kappa shape index (κ1) is 13.6. The summed E-state index contributed by atoms with van der Waals surface area (Å²) < 4.78 is 11.1. The molecule has 1 aromatic carbocycles. The van der Waals surface area contributed by atoms with E-state index in [1.54, 1.807) is 12.1 Å². The summed E-state index contributed by atoms with van der Waals surface area (Å²) in [5.41, 5.74) is 1.72. The smallest absolute Gasteiger partial charge is 0.253 e. The molecule has 0 saturated carbocycles. The zero-order chi connectivity index (χ0) is 14.8. The number of nitrogens with zero attached hydrogens (tertiary/aromatic N) is 2. The Kier molecular flexibility index (Phi) is 3.60. The topological polar surface area (TPSA) is 77.3 Å². The van der Waals surface area contributed by atoms with Crippen molar-refractivity contribution in [3.8, 4) is 5.75 Å². The van der Waals surface area contributed by atoms with Crippen LogP contribution in [0.4, 0.5) is 0 Å². The molecule has 0 bridgehead atoms. The van der Waals surface area contributed by atoms with E-state index in [2.05, 4.69) is 15.5 Å². The first-order chi connectivity index (χ1) is 10.1. The van der Waals surface area contributed by atoms with Crippen molar-refractivity contribution in [2.75, 3.05) is 6.54 Å². The number of benzene rings is 1. The van der Waals surface area contributed by atoms with E-state index < -0.39 is 0 Å². The standard InChI is InChI=1S/C15H17N3O3/c1-9(2)15-18-17-13(21-15)8-20-11-3-4-12-10(7-11)5-6-16-14(12)19/h3-4,7,9H,5-6,8H2,1-2H3,(H,16,19). The summed E-state index contributed by atoms with van der Waals surface area (Å²) in [7, 11) is 0. The summed E-state index contributed by atoms with van der Waals surface area (Å²) in [5, 5.41) is 10.7. The normalized spacial score (nSPS) is 14.0. The molecule has 0 spiro atoms. The third kappa shape index (κ3) is 2.89. The molecular weight excluding hydrogens is 270 g/mol. The van der Waals surface area contributed by atoms with Gasteiger partial charge < -0.3 is 14.5 Å². The van der Waals surface area contributed by atoms with E-state index in [0.717, 1.165) is 12.0 Å². The number of ether oxygens (including phenoxy) is 1. The number of carbonyl (C=O) groups excluding carboxylic acids is 1. The Morgan fingerprint density at radius 2 is 2.24 bits per heavy atom. The third-order valence-electron chi connectivity index (χ3n) is 3.34. The molecule has 1 aliphatic rings. The van der Waals surface area contributed by atoms with Crippen molar-refractivity contribution < 1.29 is 13.9 Å². The maximum Gasteiger partial charge on any atom is 0.253 e. The van der Waals surface area contributed by atoms with Gasteiger partial charge in [-0.05, 0) is 30.2 Å². The van der Waals surface area contributed by atoms with Gasteiger partial charge in [0.1, 0.15) is 5.75 Å². The Morgan fingerprint density at radius 3 is 3.00 bits per heavy atom. The van der Waals surface area contributed by atoms with Gasteiger partial charge in [-0.2, -0.15) is 0 Å². The lowest BCUT2D eigenvalue weighted by atomic mass is 10.0. The summed E-state index contributed by atoms with van der Waals surface area (Å²) in [4.78, 5) is 11.7. The van der Waals surface area contributed by atoms with E-state index in [-0.39, 0.29) is 18.4 Å². The Labute approximate surface area is 122 Å². The van der Waals surface area contributed by atoms with Crippen LogP contribution >= 0.6 is 0 Å². The average molecular weight is 287 g/mol. The molecule has 1 N–H and O–H groups in total. The summed E-state index contributed by atoms with van der Waals surface area (Å²) >= 11 is 0. The zero-order valence-corrected chi connectivity index (χ0v) is 12.0. The molecule has 2 aromatic rings. The van der Waals surface area contributed by atoms with E-state index in [0.29, 0.717) is 29.6 Å². The van der Waals surface area contributed by atoms with Gasteiger partial charge in [-0.15, -0.1) is 10.2 Å². The number of hydrogen-bond acceptors (Lipinski definition) is 5. The van der Waals surface area contributed by atoms with Crippen molar-refractivity contribution in [1.82, 2.24) is 15.5 Å². The molecule has 0 fully saturated rings. The summed E-state index contributed by atoms with van der Waals surface area (Å²) in [6.07, 6.45) is 0.816. The summed E-state index contributed by atoms with van der Waals surface area (Å²) in [5.74, 6) is 1.94. The number of aromatic nitrogens is 2. The fourth-order valence-corrected chi connectivity index (χ4v) is 2.20. The fourth-order valence-electron chi connectivity index (χ4n) is 2.20. The molecule has 0 aliphatic carbocycles. The minimum atomic E-state index is -0.0266. The van der Waals surface area contributed by atoms with Gasteiger partial charge in [0.15, 0.2) is 6.61 Å². The first-order valence-electron chi connectivity index (χ1n) is 6.99. The van der Waals surface area contributed by atoms with E-state index in [1.165, 1.54) is 0 Å². The summed E-state index contributed by atoms with van der Waals surface area (Å²) in [6.45, 7) is 4.88. The van der Waals surface area contributed by atoms with E-state index in [4.69, 9.17) is 9.15 Å². The molecule has 0 radical (unpaired) electrons. The predicted octanol–water partition coefficient (Wildman–Crippen LogP) is 2.06. The van der Waals surface area contributed by atoms with Crippen LogP contribution in [0.25, 0.3) is 0 Å². The Morgan fingerprint density at radius 1 is 1.38 bits per heavy atom. The van der Waals surface area contributed by atoms with Gasteiger partial charge in [0.2, 0.25) is 5.89 Å². The average Bonchev–Trinajstić information content (AvgIpc) is 2.94. The van der Waals surface area contributed by atoms with Gasteiger partial charge in [-0.25, -0.2) is 0 Å². The zero-order valence-electron chi connectivity index (χ0n) is 12.0. The van der Waals surface area contributed by atoms with Crippen LogP contribution in [0, 0.1) is 0 Å². The predicted molar refractivity (Wildman–Crippen MR) is 75.2 cm³/mol. The Hall–Kier alpha value is -2.37. The summed E-state index contributed by atoms with van der Waals surface area (Å²) in [6, 6.07) is 5.46. The maximum absolute atomic E-state index is 11.7. The highest BCUT2D eigenvalue weighted by Crippen LogP contribution is 2.21. The Balaban J connectivity index is 1.69. The highest BCUT2D eigenvalue weighted by atomic mass is 16.5. The second kappa shape index (κ2) is 5.55. The van der Waals surface area contributed by atoms with Crippen molar-refractivity contribution in [3.05, 3.63) is 41.1 Å².